The first-order valence-corrected chi connectivity index (χ1v) is 12.0. The number of fused-ring (bicyclic) bond motifs is 1. The molecular formula is C25H32N6O2. The maximum Gasteiger partial charge on any atom is 0.227 e. The van der Waals surface area contributed by atoms with E-state index >= 15 is 0 Å². The Kier molecular flexibility index (Phi) is 6.01. The van der Waals surface area contributed by atoms with Gasteiger partial charge in [-0.3, -0.25) is 14.5 Å². The lowest BCUT2D eigenvalue weighted by Gasteiger charge is -2.31. The molecule has 1 aromatic carbocycles. The highest BCUT2D eigenvalue weighted by molar-refractivity contribution is 5.95. The minimum absolute atomic E-state index is 0.0149. The van der Waals surface area contributed by atoms with Gasteiger partial charge in [-0.15, -0.1) is 0 Å². The molecule has 0 aliphatic carbocycles. The monoisotopic (exact) mass is 448 g/mol. The van der Waals surface area contributed by atoms with Crippen molar-refractivity contribution in [3.05, 3.63) is 46.9 Å². The van der Waals surface area contributed by atoms with Crippen LogP contribution in [0.5, 0.6) is 0 Å². The third-order valence-electron chi connectivity index (χ3n) is 7.08. The number of anilines is 2. The number of nitrogens with zero attached hydrogens (tertiary/aromatic N) is 5. The summed E-state index contributed by atoms with van der Waals surface area (Å²) >= 11 is 0. The SMILES string of the molecule is CNc1nc([C@H]2CCCN2C(C)=O)nc2c1CN(Cc1ccc(N3CCCC3=O)cc1)CC2. The van der Waals surface area contributed by atoms with Crippen LogP contribution in [0, 0.1) is 0 Å². The molecule has 4 heterocycles. The van der Waals surface area contributed by atoms with Crippen LogP contribution in [0.25, 0.3) is 0 Å². The second-order valence-electron chi connectivity index (χ2n) is 9.25. The van der Waals surface area contributed by atoms with Gasteiger partial charge in [0.15, 0.2) is 5.82 Å². The van der Waals surface area contributed by atoms with Gasteiger partial charge in [0.2, 0.25) is 11.8 Å². The van der Waals surface area contributed by atoms with E-state index in [1.54, 1.807) is 6.92 Å². The van der Waals surface area contributed by atoms with E-state index in [0.29, 0.717) is 6.42 Å². The normalized spacial score (nSPS) is 20.9. The van der Waals surface area contributed by atoms with Gasteiger partial charge in [-0.25, -0.2) is 9.97 Å². The fourth-order valence-electron chi connectivity index (χ4n) is 5.35. The van der Waals surface area contributed by atoms with Gasteiger partial charge in [0.1, 0.15) is 5.82 Å². The van der Waals surface area contributed by atoms with Crippen molar-refractivity contribution in [1.82, 2.24) is 19.8 Å². The molecule has 3 aliphatic heterocycles. The zero-order valence-corrected chi connectivity index (χ0v) is 19.5. The molecule has 5 rings (SSSR count). The van der Waals surface area contributed by atoms with Crippen molar-refractivity contribution in [2.75, 3.05) is 36.9 Å². The van der Waals surface area contributed by atoms with Gasteiger partial charge in [-0.2, -0.15) is 0 Å². The Labute approximate surface area is 195 Å². The molecule has 3 aliphatic rings. The number of carbonyl (C=O) groups is 2. The number of likely N-dealkylation sites (tertiary alicyclic amines) is 1. The lowest BCUT2D eigenvalue weighted by atomic mass is 10.0. The van der Waals surface area contributed by atoms with E-state index in [0.717, 1.165) is 87.0 Å². The van der Waals surface area contributed by atoms with Crippen molar-refractivity contribution in [1.29, 1.82) is 0 Å². The van der Waals surface area contributed by atoms with Crippen LogP contribution in [0.15, 0.2) is 24.3 Å². The summed E-state index contributed by atoms with van der Waals surface area (Å²) in [4.78, 5) is 40.0. The summed E-state index contributed by atoms with van der Waals surface area (Å²) in [6, 6.07) is 8.37. The molecule has 8 nitrogen and oxygen atoms in total. The van der Waals surface area contributed by atoms with Crippen LogP contribution >= 0.6 is 0 Å². The number of benzene rings is 1. The first-order chi connectivity index (χ1) is 16.0. The second kappa shape index (κ2) is 9.09. The molecule has 1 N–H and O–H groups in total. The number of hydrogen-bond donors (Lipinski definition) is 1. The summed E-state index contributed by atoms with van der Waals surface area (Å²) in [5.74, 6) is 1.96. The number of aromatic nitrogens is 2. The van der Waals surface area contributed by atoms with E-state index in [1.165, 1.54) is 5.56 Å². The fraction of sp³-hybridized carbons (Fsp3) is 0.520. The van der Waals surface area contributed by atoms with Crippen LogP contribution in [0.2, 0.25) is 0 Å². The van der Waals surface area contributed by atoms with E-state index in [9.17, 15) is 9.59 Å². The summed E-state index contributed by atoms with van der Waals surface area (Å²) in [7, 11) is 1.90. The van der Waals surface area contributed by atoms with E-state index in [2.05, 4.69) is 34.5 Å². The van der Waals surface area contributed by atoms with Crippen molar-refractivity contribution in [3.63, 3.8) is 0 Å². The molecule has 174 valence electrons. The molecule has 2 aromatic rings. The van der Waals surface area contributed by atoms with Crippen molar-refractivity contribution in [2.24, 2.45) is 0 Å². The first-order valence-electron chi connectivity index (χ1n) is 12.0. The fourth-order valence-corrected chi connectivity index (χ4v) is 5.35. The van der Waals surface area contributed by atoms with Gasteiger partial charge in [0, 0.05) is 70.8 Å². The Balaban J connectivity index is 1.30. The summed E-state index contributed by atoms with van der Waals surface area (Å²) in [6.45, 7) is 5.80. The molecule has 0 radical (unpaired) electrons. The Morgan fingerprint density at radius 2 is 1.91 bits per heavy atom. The lowest BCUT2D eigenvalue weighted by molar-refractivity contribution is -0.129. The standard InChI is InChI=1S/C25H32N6O2/c1-17(32)30-12-3-5-22(30)25-27-21-11-14-29(16-20(21)24(26-2)28-25)15-18-7-9-19(10-8-18)31-13-4-6-23(31)33/h7-10,22H,3-6,11-16H2,1-2H3,(H,26,27,28)/t22-/m1/s1. The summed E-state index contributed by atoms with van der Waals surface area (Å²) < 4.78 is 0. The highest BCUT2D eigenvalue weighted by Gasteiger charge is 2.32. The molecule has 1 aromatic heterocycles. The maximum absolute atomic E-state index is 12.0. The number of nitrogens with one attached hydrogen (secondary N) is 1. The zero-order chi connectivity index (χ0) is 22.9. The third-order valence-corrected chi connectivity index (χ3v) is 7.08. The predicted molar refractivity (Wildman–Crippen MR) is 127 cm³/mol. The van der Waals surface area contributed by atoms with Crippen LogP contribution in [0.4, 0.5) is 11.5 Å². The molecule has 0 saturated carbocycles. The Bertz CT molecular complexity index is 1040. The van der Waals surface area contributed by atoms with Gasteiger partial charge >= 0.3 is 0 Å². The highest BCUT2D eigenvalue weighted by Crippen LogP contribution is 2.33. The number of rotatable bonds is 5. The van der Waals surface area contributed by atoms with E-state index in [4.69, 9.17) is 9.97 Å². The second-order valence-corrected chi connectivity index (χ2v) is 9.25. The van der Waals surface area contributed by atoms with Crippen molar-refractivity contribution >= 4 is 23.3 Å². The Morgan fingerprint density at radius 1 is 1.09 bits per heavy atom. The van der Waals surface area contributed by atoms with Crippen LogP contribution in [0.3, 0.4) is 0 Å². The Hall–Kier alpha value is -3.00. The predicted octanol–water partition coefficient (Wildman–Crippen LogP) is 2.89. The number of carbonyl (C=O) groups excluding carboxylic acids is 2. The molecule has 0 spiro atoms. The van der Waals surface area contributed by atoms with Crippen LogP contribution in [0.1, 0.15) is 61.3 Å². The van der Waals surface area contributed by atoms with Crippen LogP contribution < -0.4 is 10.2 Å². The van der Waals surface area contributed by atoms with Crippen molar-refractivity contribution < 1.29 is 9.59 Å². The minimum atomic E-state index is -0.0149. The number of hydrogen-bond acceptors (Lipinski definition) is 6. The van der Waals surface area contributed by atoms with Crippen molar-refractivity contribution in [2.45, 2.75) is 58.2 Å². The zero-order valence-electron chi connectivity index (χ0n) is 19.5. The summed E-state index contributed by atoms with van der Waals surface area (Å²) in [6.07, 6.45) is 4.39. The highest BCUT2D eigenvalue weighted by atomic mass is 16.2. The number of amides is 2. The molecule has 2 saturated heterocycles. The van der Waals surface area contributed by atoms with Crippen molar-refractivity contribution in [3.8, 4) is 0 Å². The van der Waals surface area contributed by atoms with Gasteiger partial charge < -0.3 is 15.1 Å². The smallest absolute Gasteiger partial charge is 0.227 e. The van der Waals surface area contributed by atoms with Gasteiger partial charge in [0.05, 0.1) is 11.7 Å². The summed E-state index contributed by atoms with van der Waals surface area (Å²) in [5.41, 5.74) is 4.48. The van der Waals surface area contributed by atoms with E-state index in [1.807, 2.05) is 16.8 Å². The molecule has 0 unspecified atom stereocenters. The van der Waals surface area contributed by atoms with E-state index in [-0.39, 0.29) is 17.9 Å². The molecular weight excluding hydrogens is 416 g/mol. The Morgan fingerprint density at radius 3 is 2.61 bits per heavy atom. The molecule has 2 fully saturated rings. The maximum atomic E-state index is 12.0. The molecule has 8 heteroatoms. The molecule has 1 atom stereocenters. The first kappa shape index (κ1) is 21.8. The molecule has 0 bridgehead atoms. The third kappa shape index (κ3) is 4.31. The summed E-state index contributed by atoms with van der Waals surface area (Å²) in [5, 5.41) is 3.27. The molecule has 33 heavy (non-hydrogen) atoms. The minimum Gasteiger partial charge on any atom is -0.373 e. The average Bonchev–Trinajstić information content (AvgIpc) is 3.48. The van der Waals surface area contributed by atoms with Gasteiger partial charge in [0.25, 0.3) is 0 Å². The van der Waals surface area contributed by atoms with E-state index < -0.39 is 0 Å². The van der Waals surface area contributed by atoms with Gasteiger partial charge in [-0.05, 0) is 37.0 Å². The van der Waals surface area contributed by atoms with Crippen LogP contribution in [-0.2, 0) is 29.1 Å². The lowest BCUT2D eigenvalue weighted by Crippen LogP contribution is -2.33. The topological polar surface area (TPSA) is 81.7 Å². The van der Waals surface area contributed by atoms with Crippen LogP contribution in [-0.4, -0.2) is 58.3 Å². The quantitative estimate of drug-likeness (QED) is 0.758. The molecule has 2 amide bonds. The van der Waals surface area contributed by atoms with Gasteiger partial charge in [-0.1, -0.05) is 12.1 Å². The largest absolute Gasteiger partial charge is 0.373 e. The average molecular weight is 449 g/mol.